The second-order valence-electron chi connectivity index (χ2n) is 2.80. The molecular weight excluding hydrogens is 184 g/mol. The van der Waals surface area contributed by atoms with Crippen LogP contribution >= 0.6 is 0 Å². The minimum atomic E-state index is 0.726. The van der Waals surface area contributed by atoms with E-state index in [1.807, 2.05) is 33.9 Å². The fourth-order valence-electron chi connectivity index (χ4n) is 1.07. The Morgan fingerprint density at radius 2 is 1.87 bits per heavy atom. The van der Waals surface area contributed by atoms with Gasteiger partial charge < -0.3 is 0 Å². The number of hydrogen-bond acceptors (Lipinski definition) is 1. The van der Waals surface area contributed by atoms with Crippen molar-refractivity contribution in [1.82, 2.24) is 9.78 Å². The predicted molar refractivity (Wildman–Crippen MR) is 58.6 cm³/mol. The van der Waals surface area contributed by atoms with Gasteiger partial charge in [-0.15, -0.1) is 0 Å². The highest BCUT2D eigenvalue weighted by Crippen LogP contribution is 2.09. The summed E-state index contributed by atoms with van der Waals surface area (Å²) in [4.78, 5) is 0. The maximum atomic E-state index is 4.19. The molecule has 0 aliphatic rings. The van der Waals surface area contributed by atoms with Gasteiger partial charge in [0.25, 0.3) is 0 Å². The molecule has 0 saturated carbocycles. The highest BCUT2D eigenvalue weighted by molar-refractivity contribution is 5.28. The molecule has 2 nitrogen and oxygen atoms in total. The molecule has 2 heteroatoms. The van der Waals surface area contributed by atoms with Crippen molar-refractivity contribution in [3.05, 3.63) is 47.8 Å². The summed E-state index contributed by atoms with van der Waals surface area (Å²) in [7, 11) is 0. The highest BCUT2D eigenvalue weighted by atomic mass is 15.3. The molecule has 75 valence electrons. The lowest BCUT2D eigenvalue weighted by molar-refractivity contribution is 0.845. The first-order valence-corrected chi connectivity index (χ1v) is 4.94. The number of rotatable bonds is 1. The first kappa shape index (κ1) is 11.1. The lowest BCUT2D eigenvalue weighted by atomic mass is 10.3. The Balaban J connectivity index is 0.000000531. The molecule has 1 aromatic heterocycles. The smallest absolute Gasteiger partial charge is 0.133 e. The van der Waals surface area contributed by atoms with E-state index in [-0.39, 0.29) is 0 Å². The van der Waals surface area contributed by atoms with Crippen molar-refractivity contribution in [2.75, 3.05) is 0 Å². The van der Waals surface area contributed by atoms with Crippen LogP contribution in [-0.2, 0) is 0 Å². The van der Waals surface area contributed by atoms with Crippen LogP contribution in [0.3, 0.4) is 0 Å². The average Bonchev–Trinajstić information content (AvgIpc) is 2.64. The van der Waals surface area contributed by atoms with Gasteiger partial charge in [-0.1, -0.05) is 13.8 Å². The van der Waals surface area contributed by atoms with Crippen molar-refractivity contribution in [3.63, 3.8) is 0 Å². The lowest BCUT2D eigenvalue weighted by Crippen LogP contribution is -1.97. The summed E-state index contributed by atoms with van der Waals surface area (Å²) in [6.45, 7) is 8.02. The molecule has 1 aromatic carbocycles. The zero-order valence-electron chi connectivity index (χ0n) is 9.47. The number of aryl methyl sites for hydroxylation is 1. The van der Waals surface area contributed by atoms with E-state index < -0.39 is 0 Å². The molecule has 0 saturated heterocycles. The van der Waals surface area contributed by atoms with Crippen LogP contribution in [0.15, 0.2) is 6.20 Å². The molecule has 0 aliphatic carbocycles. The first-order valence-electron chi connectivity index (χ1n) is 4.94. The summed E-state index contributed by atoms with van der Waals surface area (Å²) in [6, 6.07) is 13.8. The third kappa shape index (κ3) is 2.30. The third-order valence-corrected chi connectivity index (χ3v) is 1.95. The topological polar surface area (TPSA) is 17.8 Å². The van der Waals surface area contributed by atoms with Crippen LogP contribution in [0.4, 0.5) is 0 Å². The van der Waals surface area contributed by atoms with Gasteiger partial charge >= 0.3 is 0 Å². The van der Waals surface area contributed by atoms with Crippen LogP contribution in [0, 0.1) is 44.2 Å². The molecule has 2 rings (SSSR count). The van der Waals surface area contributed by atoms with Gasteiger partial charge in [0.2, 0.25) is 0 Å². The van der Waals surface area contributed by atoms with Gasteiger partial charge in [-0.2, -0.15) is 5.10 Å². The summed E-state index contributed by atoms with van der Waals surface area (Å²) in [5, 5.41) is 4.19. The van der Waals surface area contributed by atoms with Crippen molar-refractivity contribution >= 4 is 0 Å². The van der Waals surface area contributed by atoms with E-state index in [0.29, 0.717) is 0 Å². The summed E-state index contributed by atoms with van der Waals surface area (Å²) in [5.41, 5.74) is 2.96. The normalized spacial score (nSPS) is 8.27. The summed E-state index contributed by atoms with van der Waals surface area (Å²) in [5.74, 6) is 0. The zero-order valence-corrected chi connectivity index (χ0v) is 9.47. The first-order chi connectivity index (χ1) is 7.29. The number of nitrogens with zero attached hydrogens (tertiary/aromatic N) is 2. The standard InChI is InChI=1S/C11H7N2.C2H6/c1-9-8-12-13(10(9)2)11-6-4-3-5-7-11;1-2/h8H,1-2H3;1-2H3. The molecule has 2 aromatic rings. The Bertz CT molecular complexity index is 402. The van der Waals surface area contributed by atoms with E-state index in [4.69, 9.17) is 0 Å². The Hall–Kier alpha value is -1.93. The van der Waals surface area contributed by atoms with Crippen LogP contribution in [0.25, 0.3) is 5.69 Å². The third-order valence-electron chi connectivity index (χ3n) is 1.95. The molecule has 15 heavy (non-hydrogen) atoms. The molecular formula is C13H13N2. The van der Waals surface area contributed by atoms with E-state index in [1.54, 1.807) is 4.68 Å². The fourth-order valence-corrected chi connectivity index (χ4v) is 1.07. The number of hydrogen-bond donors (Lipinski definition) is 0. The summed E-state index contributed by atoms with van der Waals surface area (Å²) in [6.07, 6.45) is 1.81. The maximum absolute atomic E-state index is 4.19. The molecule has 0 aliphatic heterocycles. The van der Waals surface area contributed by atoms with Crippen molar-refractivity contribution in [1.29, 1.82) is 0 Å². The lowest BCUT2D eigenvalue weighted by Gasteiger charge is -1.98. The minimum absolute atomic E-state index is 0.726. The Morgan fingerprint density at radius 3 is 2.33 bits per heavy atom. The fraction of sp³-hybridized carbons (Fsp3) is 0.308. The molecule has 0 unspecified atom stereocenters. The Labute approximate surface area is 91.6 Å². The van der Waals surface area contributed by atoms with E-state index in [1.165, 1.54) is 0 Å². The second kappa shape index (κ2) is 5.08. The van der Waals surface area contributed by atoms with Crippen molar-refractivity contribution in [2.24, 2.45) is 0 Å². The van der Waals surface area contributed by atoms with Gasteiger partial charge in [0, 0.05) is 5.69 Å². The van der Waals surface area contributed by atoms with Gasteiger partial charge in [0.1, 0.15) is 5.69 Å². The van der Waals surface area contributed by atoms with Crippen LogP contribution in [0.5, 0.6) is 0 Å². The van der Waals surface area contributed by atoms with Crippen molar-refractivity contribution in [3.8, 4) is 5.69 Å². The molecule has 1 heterocycles. The molecule has 0 spiro atoms. The van der Waals surface area contributed by atoms with Crippen LogP contribution in [0.2, 0.25) is 0 Å². The molecule has 0 fully saturated rings. The van der Waals surface area contributed by atoms with Crippen molar-refractivity contribution < 1.29 is 0 Å². The number of aromatic nitrogens is 2. The van der Waals surface area contributed by atoms with Gasteiger partial charge in [-0.05, 0) is 43.7 Å². The zero-order chi connectivity index (χ0) is 11.3. The molecule has 0 atom stereocenters. The van der Waals surface area contributed by atoms with Crippen molar-refractivity contribution in [2.45, 2.75) is 27.7 Å². The predicted octanol–water partition coefficient (Wildman–Crippen LogP) is 2.52. The van der Waals surface area contributed by atoms with E-state index in [2.05, 4.69) is 35.4 Å². The van der Waals surface area contributed by atoms with Crippen LogP contribution < -0.4 is 0 Å². The maximum Gasteiger partial charge on any atom is 0.133 e. The van der Waals surface area contributed by atoms with Crippen LogP contribution in [-0.4, -0.2) is 9.78 Å². The van der Waals surface area contributed by atoms with E-state index in [9.17, 15) is 0 Å². The molecule has 0 amide bonds. The summed E-state index contributed by atoms with van der Waals surface area (Å²) < 4.78 is 1.76. The Kier molecular flexibility index (Phi) is 3.77. The average molecular weight is 197 g/mol. The SMILES string of the molecule is CC.Cc1cnn(-c2[c]c#cc#c2)c1C. The second-order valence-corrected chi connectivity index (χ2v) is 2.80. The van der Waals surface area contributed by atoms with Gasteiger partial charge in [-0.25, -0.2) is 4.68 Å². The van der Waals surface area contributed by atoms with Crippen LogP contribution in [0.1, 0.15) is 25.1 Å². The molecule has 1 radical (unpaired) electrons. The molecule has 0 N–H and O–H groups in total. The van der Waals surface area contributed by atoms with E-state index in [0.717, 1.165) is 16.9 Å². The monoisotopic (exact) mass is 197 g/mol. The quantitative estimate of drug-likeness (QED) is 0.687. The van der Waals surface area contributed by atoms with Gasteiger partial charge in [0.15, 0.2) is 0 Å². The largest absolute Gasteiger partial charge is 0.228 e. The Morgan fingerprint density at radius 1 is 1.13 bits per heavy atom. The highest BCUT2D eigenvalue weighted by Gasteiger charge is 2.03. The molecule has 0 bridgehead atoms. The van der Waals surface area contributed by atoms with E-state index >= 15 is 0 Å². The van der Waals surface area contributed by atoms with Gasteiger partial charge in [0.05, 0.1) is 12.3 Å². The minimum Gasteiger partial charge on any atom is -0.228 e. The summed E-state index contributed by atoms with van der Waals surface area (Å²) >= 11 is 0. The van der Waals surface area contributed by atoms with Gasteiger partial charge in [-0.3, -0.25) is 0 Å².